The highest BCUT2D eigenvalue weighted by Crippen LogP contribution is 2.16. The van der Waals surface area contributed by atoms with E-state index < -0.39 is 0 Å². The fourth-order valence-corrected chi connectivity index (χ4v) is 1.88. The number of nitrogens with one attached hydrogen (secondary N) is 1. The quantitative estimate of drug-likeness (QED) is 0.917. The Kier molecular flexibility index (Phi) is 4.87. The van der Waals surface area contributed by atoms with E-state index in [9.17, 15) is 9.18 Å². The van der Waals surface area contributed by atoms with Gasteiger partial charge in [-0.3, -0.25) is 4.79 Å². The largest absolute Gasteiger partial charge is 0.370 e. The summed E-state index contributed by atoms with van der Waals surface area (Å²) >= 11 is 0. The zero-order chi connectivity index (χ0) is 15.2. The lowest BCUT2D eigenvalue weighted by Crippen LogP contribution is -2.27. The van der Waals surface area contributed by atoms with Crippen LogP contribution in [0.15, 0.2) is 42.5 Å². The minimum Gasteiger partial charge on any atom is -0.370 e. The Morgan fingerprint density at radius 3 is 2.76 bits per heavy atom. The third-order valence-electron chi connectivity index (χ3n) is 3.02. The van der Waals surface area contributed by atoms with Crippen LogP contribution in [0.3, 0.4) is 0 Å². The molecule has 0 bridgehead atoms. The van der Waals surface area contributed by atoms with Gasteiger partial charge in [-0.05, 0) is 36.8 Å². The monoisotopic (exact) mass is 287 g/mol. The van der Waals surface area contributed by atoms with E-state index in [-0.39, 0.29) is 11.7 Å². The highest BCUT2D eigenvalue weighted by molar-refractivity contribution is 6.04. The van der Waals surface area contributed by atoms with Crippen molar-refractivity contribution in [2.75, 3.05) is 23.8 Å². The van der Waals surface area contributed by atoms with Crippen molar-refractivity contribution in [3.8, 4) is 0 Å². The van der Waals surface area contributed by atoms with Crippen LogP contribution in [0.25, 0.3) is 0 Å². The van der Waals surface area contributed by atoms with Crippen molar-refractivity contribution in [3.05, 3.63) is 54.0 Å². The number of benzene rings is 1. The summed E-state index contributed by atoms with van der Waals surface area (Å²) in [4.78, 5) is 18.1. The first-order valence-corrected chi connectivity index (χ1v) is 6.86. The molecule has 0 unspecified atom stereocenters. The van der Waals surface area contributed by atoms with Gasteiger partial charge in [0, 0.05) is 19.3 Å². The molecule has 0 atom stereocenters. The van der Waals surface area contributed by atoms with Crippen molar-refractivity contribution in [3.63, 3.8) is 0 Å². The number of hydrogen-bond acceptors (Lipinski definition) is 3. The maximum absolute atomic E-state index is 13.2. The number of pyridine rings is 1. The number of carbonyl (C=O) groups is 1. The van der Waals surface area contributed by atoms with Crippen LogP contribution in [0.4, 0.5) is 15.9 Å². The van der Waals surface area contributed by atoms with Crippen LogP contribution in [0, 0.1) is 5.82 Å². The molecular formula is C16H18FN3O. The Bertz CT molecular complexity index is 630. The lowest BCUT2D eigenvalue weighted by Gasteiger charge is -2.17. The Morgan fingerprint density at radius 2 is 2.05 bits per heavy atom. The number of amides is 1. The zero-order valence-electron chi connectivity index (χ0n) is 12.1. The first kappa shape index (κ1) is 15.0. The fourth-order valence-electron chi connectivity index (χ4n) is 1.88. The third-order valence-corrected chi connectivity index (χ3v) is 3.02. The van der Waals surface area contributed by atoms with Crippen LogP contribution < -0.4 is 10.2 Å². The molecule has 1 aromatic heterocycles. The van der Waals surface area contributed by atoms with Gasteiger partial charge >= 0.3 is 0 Å². The summed E-state index contributed by atoms with van der Waals surface area (Å²) < 4.78 is 13.2. The lowest BCUT2D eigenvalue weighted by atomic mass is 10.2. The molecule has 1 aromatic carbocycles. The topological polar surface area (TPSA) is 45.2 Å². The number of anilines is 2. The van der Waals surface area contributed by atoms with Crippen LogP contribution in [0.2, 0.25) is 0 Å². The molecule has 0 aliphatic carbocycles. The summed E-state index contributed by atoms with van der Waals surface area (Å²) in [6.07, 6.45) is 0.975. The minimum absolute atomic E-state index is 0.277. The molecule has 5 heteroatoms. The van der Waals surface area contributed by atoms with Crippen LogP contribution in [-0.2, 0) is 0 Å². The van der Waals surface area contributed by atoms with E-state index in [4.69, 9.17) is 0 Å². The van der Waals surface area contributed by atoms with Gasteiger partial charge in [0.15, 0.2) is 0 Å². The molecule has 0 fully saturated rings. The van der Waals surface area contributed by atoms with Crippen molar-refractivity contribution in [1.29, 1.82) is 0 Å². The first-order valence-electron chi connectivity index (χ1n) is 6.86. The second-order valence-corrected chi connectivity index (χ2v) is 4.68. The van der Waals surface area contributed by atoms with Crippen LogP contribution in [0.1, 0.15) is 23.8 Å². The lowest BCUT2D eigenvalue weighted by molar-refractivity contribution is 0.0988. The maximum Gasteiger partial charge on any atom is 0.276 e. The van der Waals surface area contributed by atoms with Crippen molar-refractivity contribution in [1.82, 2.24) is 4.98 Å². The van der Waals surface area contributed by atoms with Crippen LogP contribution >= 0.6 is 0 Å². The molecule has 1 N–H and O–H groups in total. The number of nitrogens with zero attached hydrogens (tertiary/aromatic N) is 2. The molecule has 1 amide bonds. The van der Waals surface area contributed by atoms with E-state index >= 15 is 0 Å². The molecule has 0 radical (unpaired) electrons. The van der Waals surface area contributed by atoms with E-state index in [1.54, 1.807) is 31.3 Å². The maximum atomic E-state index is 13.2. The van der Waals surface area contributed by atoms with Crippen molar-refractivity contribution < 1.29 is 9.18 Å². The van der Waals surface area contributed by atoms with Gasteiger partial charge in [0.05, 0.1) is 0 Å². The summed E-state index contributed by atoms with van der Waals surface area (Å²) in [5, 5.41) is 3.14. The molecule has 0 aliphatic rings. The first-order chi connectivity index (χ1) is 10.1. The van der Waals surface area contributed by atoms with Crippen molar-refractivity contribution in [2.24, 2.45) is 0 Å². The van der Waals surface area contributed by atoms with Gasteiger partial charge < -0.3 is 10.2 Å². The Morgan fingerprint density at radius 1 is 1.29 bits per heavy atom. The number of halogens is 1. The highest BCUT2D eigenvalue weighted by atomic mass is 19.1. The molecule has 0 aliphatic heterocycles. The number of carbonyl (C=O) groups excluding carboxylic acids is 1. The van der Waals surface area contributed by atoms with E-state index in [1.165, 1.54) is 17.0 Å². The Balaban J connectivity index is 2.19. The molecule has 2 rings (SSSR count). The van der Waals surface area contributed by atoms with Gasteiger partial charge in [0.1, 0.15) is 17.3 Å². The SMILES string of the molecule is CCCNc1cccc(C(=O)N(C)c2cccc(F)c2)n1. The van der Waals surface area contributed by atoms with E-state index in [1.807, 2.05) is 6.07 Å². The molecule has 2 aromatic rings. The Hall–Kier alpha value is -2.43. The second kappa shape index (κ2) is 6.83. The van der Waals surface area contributed by atoms with Gasteiger partial charge in [-0.1, -0.05) is 19.1 Å². The second-order valence-electron chi connectivity index (χ2n) is 4.68. The molecule has 1 heterocycles. The number of rotatable bonds is 5. The van der Waals surface area contributed by atoms with E-state index in [0.29, 0.717) is 17.2 Å². The standard InChI is InChI=1S/C16H18FN3O/c1-3-10-18-15-9-5-8-14(19-15)16(21)20(2)13-7-4-6-12(17)11-13/h4-9,11H,3,10H2,1-2H3,(H,18,19). The molecule has 0 saturated carbocycles. The zero-order valence-corrected chi connectivity index (χ0v) is 12.1. The minimum atomic E-state index is -0.376. The molecule has 110 valence electrons. The van der Waals surface area contributed by atoms with Gasteiger partial charge in [0.2, 0.25) is 0 Å². The summed E-state index contributed by atoms with van der Waals surface area (Å²) in [6.45, 7) is 2.85. The number of aromatic nitrogens is 1. The predicted octanol–water partition coefficient (Wildman–Crippen LogP) is 3.32. The molecule has 0 spiro atoms. The van der Waals surface area contributed by atoms with Crippen molar-refractivity contribution in [2.45, 2.75) is 13.3 Å². The molecule has 4 nitrogen and oxygen atoms in total. The normalized spacial score (nSPS) is 10.2. The highest BCUT2D eigenvalue weighted by Gasteiger charge is 2.15. The fraction of sp³-hybridized carbons (Fsp3) is 0.250. The van der Waals surface area contributed by atoms with E-state index in [0.717, 1.165) is 13.0 Å². The van der Waals surface area contributed by atoms with Gasteiger partial charge in [-0.25, -0.2) is 9.37 Å². The smallest absolute Gasteiger partial charge is 0.276 e. The van der Waals surface area contributed by atoms with Gasteiger partial charge in [-0.2, -0.15) is 0 Å². The Labute approximate surface area is 123 Å². The van der Waals surface area contributed by atoms with E-state index in [2.05, 4.69) is 17.2 Å². The average molecular weight is 287 g/mol. The van der Waals surface area contributed by atoms with Gasteiger partial charge in [0.25, 0.3) is 5.91 Å². The summed E-state index contributed by atoms with van der Waals surface area (Å²) in [5.41, 5.74) is 0.816. The number of hydrogen-bond donors (Lipinski definition) is 1. The van der Waals surface area contributed by atoms with Crippen molar-refractivity contribution >= 4 is 17.4 Å². The summed E-state index contributed by atoms with van der Waals surface area (Å²) in [5.74, 6) is 0.00885. The molecule has 0 saturated heterocycles. The summed E-state index contributed by atoms with van der Waals surface area (Å²) in [7, 11) is 1.60. The molecule has 21 heavy (non-hydrogen) atoms. The summed E-state index contributed by atoms with van der Waals surface area (Å²) in [6, 6.07) is 11.1. The molecular weight excluding hydrogens is 269 g/mol. The van der Waals surface area contributed by atoms with Crippen LogP contribution in [0.5, 0.6) is 0 Å². The van der Waals surface area contributed by atoms with Crippen LogP contribution in [-0.4, -0.2) is 24.5 Å². The van der Waals surface area contributed by atoms with Gasteiger partial charge in [-0.15, -0.1) is 0 Å². The predicted molar refractivity (Wildman–Crippen MR) is 82.2 cm³/mol. The third kappa shape index (κ3) is 3.78. The average Bonchev–Trinajstić information content (AvgIpc) is 2.51.